The standard InChI is InChI=1S/C10H12N4S2/c11-9-13-10(16-14-9)12-6-7-15-8-4-2-1-3-5-8/h1-5H,6-7H2,(H3,11,12,13,14). The number of thioether (sulfide) groups is 1. The van der Waals surface area contributed by atoms with Gasteiger partial charge in [-0.3, -0.25) is 0 Å². The lowest BCUT2D eigenvalue weighted by Crippen LogP contribution is -2.03. The zero-order valence-corrected chi connectivity index (χ0v) is 10.2. The van der Waals surface area contributed by atoms with Crippen LogP contribution in [0.4, 0.5) is 11.1 Å². The summed E-state index contributed by atoms with van der Waals surface area (Å²) in [4.78, 5) is 5.30. The molecule has 0 aliphatic carbocycles. The Morgan fingerprint density at radius 3 is 2.81 bits per heavy atom. The fourth-order valence-corrected chi connectivity index (χ4v) is 2.46. The van der Waals surface area contributed by atoms with Gasteiger partial charge in [0.15, 0.2) is 0 Å². The quantitative estimate of drug-likeness (QED) is 0.631. The van der Waals surface area contributed by atoms with Crippen LogP contribution in [0.5, 0.6) is 0 Å². The number of nitrogens with zero attached hydrogens (tertiary/aromatic N) is 2. The molecule has 4 nitrogen and oxygen atoms in total. The maximum atomic E-state index is 5.42. The molecule has 2 rings (SSSR count). The lowest BCUT2D eigenvalue weighted by atomic mass is 10.4. The molecular weight excluding hydrogens is 240 g/mol. The largest absolute Gasteiger partial charge is 0.367 e. The number of nitrogens with one attached hydrogen (secondary N) is 1. The van der Waals surface area contributed by atoms with Crippen LogP contribution in [-0.4, -0.2) is 21.7 Å². The van der Waals surface area contributed by atoms with Gasteiger partial charge >= 0.3 is 0 Å². The average Bonchev–Trinajstić information content (AvgIpc) is 2.72. The van der Waals surface area contributed by atoms with E-state index in [9.17, 15) is 0 Å². The highest BCUT2D eigenvalue weighted by Crippen LogP contribution is 2.17. The molecule has 0 fully saturated rings. The third-order valence-electron chi connectivity index (χ3n) is 1.83. The first-order valence-corrected chi connectivity index (χ1v) is 6.61. The molecule has 84 valence electrons. The van der Waals surface area contributed by atoms with Crippen LogP contribution in [0.2, 0.25) is 0 Å². The smallest absolute Gasteiger partial charge is 0.233 e. The maximum absolute atomic E-state index is 5.42. The Bertz CT molecular complexity index is 429. The maximum Gasteiger partial charge on any atom is 0.233 e. The molecule has 1 heterocycles. The van der Waals surface area contributed by atoms with Gasteiger partial charge in [-0.05, 0) is 12.1 Å². The molecule has 0 bridgehead atoms. The highest BCUT2D eigenvalue weighted by molar-refractivity contribution is 7.99. The van der Waals surface area contributed by atoms with Crippen LogP contribution < -0.4 is 11.1 Å². The summed E-state index contributed by atoms with van der Waals surface area (Å²) in [5.74, 6) is 1.33. The van der Waals surface area contributed by atoms with Gasteiger partial charge in [0.25, 0.3) is 0 Å². The van der Waals surface area contributed by atoms with Gasteiger partial charge in [0.05, 0.1) is 0 Å². The highest BCUT2D eigenvalue weighted by atomic mass is 32.2. The fraction of sp³-hybridized carbons (Fsp3) is 0.200. The van der Waals surface area contributed by atoms with Crippen LogP contribution in [0.3, 0.4) is 0 Å². The van der Waals surface area contributed by atoms with Crippen molar-refractivity contribution in [3.05, 3.63) is 30.3 Å². The van der Waals surface area contributed by atoms with E-state index in [0.29, 0.717) is 5.95 Å². The van der Waals surface area contributed by atoms with Crippen LogP contribution in [0.25, 0.3) is 0 Å². The minimum atomic E-state index is 0.336. The number of aromatic nitrogens is 2. The molecule has 1 aromatic heterocycles. The van der Waals surface area contributed by atoms with Crippen molar-refractivity contribution >= 4 is 34.4 Å². The first-order chi connectivity index (χ1) is 7.84. The molecule has 6 heteroatoms. The second-order valence-corrected chi connectivity index (χ2v) is 4.97. The van der Waals surface area contributed by atoms with Crippen molar-refractivity contribution in [2.45, 2.75) is 4.90 Å². The van der Waals surface area contributed by atoms with Crippen molar-refractivity contribution < 1.29 is 0 Å². The van der Waals surface area contributed by atoms with E-state index in [1.165, 1.54) is 16.4 Å². The Labute approximate surface area is 102 Å². The monoisotopic (exact) mass is 252 g/mol. The first kappa shape index (κ1) is 11.2. The number of anilines is 2. The van der Waals surface area contributed by atoms with Crippen molar-refractivity contribution in [2.24, 2.45) is 0 Å². The molecule has 0 aliphatic heterocycles. The van der Waals surface area contributed by atoms with E-state index in [4.69, 9.17) is 5.73 Å². The number of nitrogens with two attached hydrogens (primary N) is 1. The molecule has 0 spiro atoms. The van der Waals surface area contributed by atoms with E-state index < -0.39 is 0 Å². The zero-order valence-electron chi connectivity index (χ0n) is 8.59. The van der Waals surface area contributed by atoms with Gasteiger partial charge in [0, 0.05) is 28.7 Å². The van der Waals surface area contributed by atoms with Crippen molar-refractivity contribution in [3.8, 4) is 0 Å². The van der Waals surface area contributed by atoms with Gasteiger partial charge in [0.1, 0.15) is 0 Å². The Kier molecular flexibility index (Phi) is 4.01. The van der Waals surface area contributed by atoms with Gasteiger partial charge in [0.2, 0.25) is 11.1 Å². The molecule has 3 N–H and O–H groups in total. The van der Waals surface area contributed by atoms with E-state index in [0.717, 1.165) is 17.4 Å². The highest BCUT2D eigenvalue weighted by Gasteiger charge is 1.98. The van der Waals surface area contributed by atoms with Gasteiger partial charge in [-0.15, -0.1) is 11.8 Å². The lowest BCUT2D eigenvalue weighted by Gasteiger charge is -2.01. The number of hydrogen-bond donors (Lipinski definition) is 2. The van der Waals surface area contributed by atoms with Crippen molar-refractivity contribution in [1.29, 1.82) is 0 Å². The van der Waals surface area contributed by atoms with Gasteiger partial charge < -0.3 is 11.1 Å². The van der Waals surface area contributed by atoms with E-state index in [1.807, 2.05) is 30.0 Å². The molecule has 0 radical (unpaired) electrons. The number of nitrogen functional groups attached to an aromatic ring is 1. The number of rotatable bonds is 5. The lowest BCUT2D eigenvalue weighted by molar-refractivity contribution is 1.20. The Balaban J connectivity index is 1.69. The SMILES string of the molecule is Nc1nsc(NCCSc2ccccc2)n1. The summed E-state index contributed by atoms with van der Waals surface area (Å²) < 4.78 is 3.89. The molecule has 0 saturated heterocycles. The minimum Gasteiger partial charge on any atom is -0.367 e. The third kappa shape index (κ3) is 3.39. The second-order valence-electron chi connectivity index (χ2n) is 3.05. The van der Waals surface area contributed by atoms with Crippen LogP contribution >= 0.6 is 23.3 Å². The predicted molar refractivity (Wildman–Crippen MR) is 70.0 cm³/mol. The van der Waals surface area contributed by atoms with E-state index >= 15 is 0 Å². The number of hydrogen-bond acceptors (Lipinski definition) is 6. The predicted octanol–water partition coefficient (Wildman–Crippen LogP) is 2.32. The molecule has 0 aliphatic rings. The Hall–Kier alpha value is -1.27. The number of benzene rings is 1. The van der Waals surface area contributed by atoms with Crippen LogP contribution in [0, 0.1) is 0 Å². The summed E-state index contributed by atoms with van der Waals surface area (Å²) in [6.45, 7) is 0.855. The van der Waals surface area contributed by atoms with E-state index in [-0.39, 0.29) is 0 Å². The van der Waals surface area contributed by atoms with Crippen molar-refractivity contribution in [3.63, 3.8) is 0 Å². The van der Waals surface area contributed by atoms with Crippen molar-refractivity contribution in [1.82, 2.24) is 9.36 Å². The van der Waals surface area contributed by atoms with Gasteiger partial charge in [-0.1, -0.05) is 18.2 Å². The molecule has 0 unspecified atom stereocenters. The summed E-state index contributed by atoms with van der Waals surface area (Å²) in [7, 11) is 0. The summed E-state index contributed by atoms with van der Waals surface area (Å²) in [6.07, 6.45) is 0. The Morgan fingerprint density at radius 1 is 1.31 bits per heavy atom. The third-order valence-corrected chi connectivity index (χ3v) is 3.53. The Morgan fingerprint density at radius 2 is 2.12 bits per heavy atom. The van der Waals surface area contributed by atoms with Gasteiger partial charge in [-0.25, -0.2) is 0 Å². The average molecular weight is 252 g/mol. The minimum absolute atomic E-state index is 0.336. The topological polar surface area (TPSA) is 63.8 Å². The van der Waals surface area contributed by atoms with E-state index in [1.54, 1.807) is 0 Å². The normalized spacial score (nSPS) is 10.2. The van der Waals surface area contributed by atoms with Crippen LogP contribution in [-0.2, 0) is 0 Å². The molecule has 2 aromatic rings. The van der Waals surface area contributed by atoms with E-state index in [2.05, 4.69) is 26.8 Å². The zero-order chi connectivity index (χ0) is 11.2. The summed E-state index contributed by atoms with van der Waals surface area (Å²) in [6, 6.07) is 10.3. The molecule has 0 saturated carbocycles. The summed E-state index contributed by atoms with van der Waals surface area (Å²) in [5.41, 5.74) is 5.42. The van der Waals surface area contributed by atoms with Crippen molar-refractivity contribution in [2.75, 3.05) is 23.3 Å². The molecular formula is C10H12N4S2. The summed E-state index contributed by atoms with van der Waals surface area (Å²) in [5, 5.41) is 3.96. The fourth-order valence-electron chi connectivity index (χ4n) is 1.15. The summed E-state index contributed by atoms with van der Waals surface area (Å²) >= 11 is 3.10. The second kappa shape index (κ2) is 5.72. The molecule has 0 atom stereocenters. The molecule has 1 aromatic carbocycles. The molecule has 16 heavy (non-hydrogen) atoms. The van der Waals surface area contributed by atoms with Crippen LogP contribution in [0.1, 0.15) is 0 Å². The first-order valence-electron chi connectivity index (χ1n) is 4.85. The molecule has 0 amide bonds. The van der Waals surface area contributed by atoms with Crippen LogP contribution in [0.15, 0.2) is 35.2 Å². The van der Waals surface area contributed by atoms with Gasteiger partial charge in [-0.2, -0.15) is 9.36 Å².